The van der Waals surface area contributed by atoms with Gasteiger partial charge in [0.15, 0.2) is 5.78 Å². The zero-order chi connectivity index (χ0) is 14.2. The van der Waals surface area contributed by atoms with Crippen LogP contribution in [0.5, 0.6) is 0 Å². The molecule has 1 aromatic carbocycles. The van der Waals surface area contributed by atoms with E-state index in [2.05, 4.69) is 0 Å². The van der Waals surface area contributed by atoms with Crippen LogP contribution in [0.25, 0.3) is 0 Å². The molecule has 0 aliphatic carbocycles. The fourth-order valence-electron chi connectivity index (χ4n) is 2.18. The second kappa shape index (κ2) is 4.84. The molecule has 100 valence electrons. The van der Waals surface area contributed by atoms with E-state index in [0.29, 0.717) is 5.56 Å². The molecule has 0 saturated carbocycles. The molecule has 5 heteroatoms. The molecule has 0 radical (unpaired) electrons. The highest BCUT2D eigenvalue weighted by Crippen LogP contribution is 2.14. The van der Waals surface area contributed by atoms with Crippen LogP contribution in [0.1, 0.15) is 21.5 Å². The molecule has 1 fully saturated rings. The number of amides is 3. The van der Waals surface area contributed by atoms with Gasteiger partial charge in [0.05, 0.1) is 6.54 Å². The Balaban J connectivity index is 2.18. The van der Waals surface area contributed by atoms with Gasteiger partial charge in [-0.05, 0) is 19.4 Å². The summed E-state index contributed by atoms with van der Waals surface area (Å²) in [5.41, 5.74) is 2.49. The van der Waals surface area contributed by atoms with Crippen molar-refractivity contribution in [2.45, 2.75) is 13.8 Å². The van der Waals surface area contributed by atoms with Crippen molar-refractivity contribution in [3.8, 4) is 0 Å². The van der Waals surface area contributed by atoms with Gasteiger partial charge < -0.3 is 4.90 Å². The molecule has 2 rings (SSSR count). The van der Waals surface area contributed by atoms with E-state index in [1.165, 1.54) is 4.90 Å². The molecule has 5 nitrogen and oxygen atoms in total. The quantitative estimate of drug-likeness (QED) is 0.609. The average Bonchev–Trinajstić information content (AvgIpc) is 2.56. The summed E-state index contributed by atoms with van der Waals surface area (Å²) >= 11 is 0. The average molecular weight is 260 g/mol. The Kier molecular flexibility index (Phi) is 3.38. The number of urea groups is 1. The molecule has 1 heterocycles. The van der Waals surface area contributed by atoms with Crippen molar-refractivity contribution in [1.29, 1.82) is 0 Å². The van der Waals surface area contributed by atoms with Crippen molar-refractivity contribution < 1.29 is 14.4 Å². The number of hydrogen-bond acceptors (Lipinski definition) is 3. The number of aryl methyl sites for hydroxylation is 2. The number of nitrogens with zero attached hydrogens (tertiary/aromatic N) is 2. The molecule has 19 heavy (non-hydrogen) atoms. The van der Waals surface area contributed by atoms with Crippen LogP contribution < -0.4 is 0 Å². The van der Waals surface area contributed by atoms with Crippen LogP contribution in [0.2, 0.25) is 0 Å². The Morgan fingerprint density at radius 1 is 1.26 bits per heavy atom. The van der Waals surface area contributed by atoms with E-state index in [4.69, 9.17) is 0 Å². The van der Waals surface area contributed by atoms with Gasteiger partial charge in [0, 0.05) is 12.6 Å². The number of carbonyl (C=O) groups is 3. The first-order chi connectivity index (χ1) is 8.90. The van der Waals surface area contributed by atoms with E-state index in [9.17, 15) is 14.4 Å². The Labute approximate surface area is 111 Å². The van der Waals surface area contributed by atoms with Crippen molar-refractivity contribution in [3.05, 3.63) is 34.9 Å². The molecule has 0 atom stereocenters. The van der Waals surface area contributed by atoms with Crippen molar-refractivity contribution in [2.75, 3.05) is 20.1 Å². The maximum Gasteiger partial charge on any atom is 0.327 e. The number of Topliss-reactive ketones (excluding diaryl/α,β-unsaturated/α-hetero) is 1. The van der Waals surface area contributed by atoms with Crippen LogP contribution in [0, 0.1) is 13.8 Å². The lowest BCUT2D eigenvalue weighted by molar-refractivity contribution is -0.125. The fraction of sp³-hybridized carbons (Fsp3) is 0.357. The predicted octanol–water partition coefficient (Wildman–Crippen LogP) is 1.38. The third-order valence-corrected chi connectivity index (χ3v) is 3.21. The van der Waals surface area contributed by atoms with Crippen molar-refractivity contribution in [3.63, 3.8) is 0 Å². The van der Waals surface area contributed by atoms with Gasteiger partial charge in [-0.15, -0.1) is 0 Å². The zero-order valence-corrected chi connectivity index (χ0v) is 11.3. The van der Waals surface area contributed by atoms with Crippen LogP contribution in [0.3, 0.4) is 0 Å². The molecule has 0 aromatic heterocycles. The first-order valence-electron chi connectivity index (χ1n) is 6.06. The van der Waals surface area contributed by atoms with Crippen LogP contribution in [-0.2, 0) is 4.79 Å². The molecule has 1 aliphatic rings. The summed E-state index contributed by atoms with van der Waals surface area (Å²) < 4.78 is 0. The number of ketones is 1. The fourth-order valence-corrected chi connectivity index (χ4v) is 2.18. The highest BCUT2D eigenvalue weighted by Gasteiger charge is 2.34. The van der Waals surface area contributed by atoms with Gasteiger partial charge in [-0.2, -0.15) is 0 Å². The van der Waals surface area contributed by atoms with Crippen molar-refractivity contribution >= 4 is 17.7 Å². The van der Waals surface area contributed by atoms with Gasteiger partial charge in [-0.3, -0.25) is 14.5 Å². The number of carbonyl (C=O) groups excluding carboxylic acids is 3. The maximum absolute atomic E-state index is 12.2. The molecule has 1 aliphatic heterocycles. The maximum atomic E-state index is 12.2. The van der Waals surface area contributed by atoms with Crippen LogP contribution in [0.4, 0.5) is 4.79 Å². The summed E-state index contributed by atoms with van der Waals surface area (Å²) in [5, 5.41) is 0. The molecule has 0 unspecified atom stereocenters. The predicted molar refractivity (Wildman–Crippen MR) is 70.0 cm³/mol. The van der Waals surface area contributed by atoms with Crippen LogP contribution in [-0.4, -0.2) is 47.7 Å². The van der Waals surface area contributed by atoms with E-state index in [-0.39, 0.29) is 24.8 Å². The molecule has 3 amide bonds. The highest BCUT2D eigenvalue weighted by molar-refractivity contribution is 6.08. The summed E-state index contributed by atoms with van der Waals surface area (Å²) in [5.74, 6) is -0.542. The summed E-state index contributed by atoms with van der Waals surface area (Å²) in [4.78, 5) is 37.8. The lowest BCUT2D eigenvalue weighted by atomic mass is 10.0. The zero-order valence-electron chi connectivity index (χ0n) is 11.3. The molecule has 1 saturated heterocycles. The number of benzene rings is 1. The Bertz CT molecular complexity index is 566. The Morgan fingerprint density at radius 3 is 2.47 bits per heavy atom. The third-order valence-electron chi connectivity index (χ3n) is 3.21. The Morgan fingerprint density at radius 2 is 1.95 bits per heavy atom. The second-order valence-corrected chi connectivity index (χ2v) is 4.86. The van der Waals surface area contributed by atoms with Gasteiger partial charge in [-0.25, -0.2) is 4.79 Å². The molecule has 1 aromatic rings. The van der Waals surface area contributed by atoms with Gasteiger partial charge in [0.2, 0.25) is 0 Å². The molecular formula is C14H16N2O3. The van der Waals surface area contributed by atoms with Crippen LogP contribution >= 0.6 is 0 Å². The lowest BCUT2D eigenvalue weighted by Crippen LogP contribution is -2.36. The van der Waals surface area contributed by atoms with E-state index < -0.39 is 6.03 Å². The van der Waals surface area contributed by atoms with E-state index in [1.807, 2.05) is 26.0 Å². The highest BCUT2D eigenvalue weighted by atomic mass is 16.2. The standard InChI is InChI=1S/C14H16N2O3/c1-9-4-5-11(10(2)6-9)12(17)7-16-13(18)8-15(3)14(16)19/h4-6H,7-8H2,1-3H3. The largest absolute Gasteiger partial charge is 0.327 e. The third kappa shape index (κ3) is 2.50. The topological polar surface area (TPSA) is 57.7 Å². The number of imide groups is 1. The summed E-state index contributed by atoms with van der Waals surface area (Å²) in [6, 6.07) is 5.08. The Hall–Kier alpha value is -2.17. The molecule has 0 spiro atoms. The summed E-state index contributed by atoms with van der Waals surface area (Å²) in [7, 11) is 1.54. The molecular weight excluding hydrogens is 244 g/mol. The lowest BCUT2D eigenvalue weighted by Gasteiger charge is -2.14. The van der Waals surface area contributed by atoms with E-state index in [1.54, 1.807) is 13.1 Å². The van der Waals surface area contributed by atoms with E-state index >= 15 is 0 Å². The first kappa shape index (κ1) is 13.3. The summed E-state index contributed by atoms with van der Waals surface area (Å²) in [6.45, 7) is 3.65. The van der Waals surface area contributed by atoms with Gasteiger partial charge in [0.25, 0.3) is 5.91 Å². The minimum absolute atomic E-state index is 0.0407. The van der Waals surface area contributed by atoms with Crippen molar-refractivity contribution in [1.82, 2.24) is 9.80 Å². The smallest absolute Gasteiger partial charge is 0.318 e. The van der Waals surface area contributed by atoms with Gasteiger partial charge >= 0.3 is 6.03 Å². The minimum Gasteiger partial charge on any atom is -0.318 e. The summed E-state index contributed by atoms with van der Waals surface area (Å²) in [6.07, 6.45) is 0. The first-order valence-corrected chi connectivity index (χ1v) is 6.06. The molecule has 0 N–H and O–H groups in total. The van der Waals surface area contributed by atoms with Crippen molar-refractivity contribution in [2.24, 2.45) is 0 Å². The number of hydrogen-bond donors (Lipinski definition) is 0. The second-order valence-electron chi connectivity index (χ2n) is 4.86. The SMILES string of the molecule is Cc1ccc(C(=O)CN2C(=O)CN(C)C2=O)c(C)c1. The monoisotopic (exact) mass is 260 g/mol. The minimum atomic E-state index is -0.414. The van der Waals surface area contributed by atoms with Gasteiger partial charge in [-0.1, -0.05) is 23.8 Å². The van der Waals surface area contributed by atoms with Gasteiger partial charge in [0.1, 0.15) is 6.54 Å². The van der Waals surface area contributed by atoms with Crippen LogP contribution in [0.15, 0.2) is 18.2 Å². The number of likely N-dealkylation sites (N-methyl/N-ethyl adjacent to an activating group) is 1. The number of rotatable bonds is 3. The van der Waals surface area contributed by atoms with E-state index in [0.717, 1.165) is 16.0 Å². The normalized spacial score (nSPS) is 15.3. The molecule has 0 bridgehead atoms.